The van der Waals surface area contributed by atoms with E-state index in [0.717, 1.165) is 17.7 Å². The van der Waals surface area contributed by atoms with Crippen molar-refractivity contribution in [3.05, 3.63) is 24.3 Å². The van der Waals surface area contributed by atoms with Crippen molar-refractivity contribution in [1.29, 1.82) is 0 Å². The van der Waals surface area contributed by atoms with Crippen LogP contribution in [0.25, 0.3) is 0 Å². The van der Waals surface area contributed by atoms with E-state index in [1.165, 1.54) is 0 Å². The van der Waals surface area contributed by atoms with E-state index in [1.807, 2.05) is 6.92 Å². The second kappa shape index (κ2) is 5.21. The summed E-state index contributed by atoms with van der Waals surface area (Å²) in [5.41, 5.74) is 1.99. The molecule has 58 valence electrons. The number of nitrogens with one attached hydrogen (secondary N) is 1. The van der Waals surface area contributed by atoms with Crippen LogP contribution in [-0.4, -0.2) is 24.8 Å². The van der Waals surface area contributed by atoms with Crippen LogP contribution in [0.4, 0.5) is 0 Å². The van der Waals surface area contributed by atoms with Gasteiger partial charge >= 0.3 is 0 Å². The molecule has 2 nitrogen and oxygen atoms in total. The molecule has 0 amide bonds. The molecule has 0 aromatic rings. The minimum absolute atomic E-state index is 0.170. The molecule has 0 radical (unpaired) electrons. The normalized spacial score (nSPS) is 9.40. The SMILES string of the molecule is C=C(C)C(=C)CNCCO. The van der Waals surface area contributed by atoms with Gasteiger partial charge in [0.05, 0.1) is 6.61 Å². The zero-order valence-electron chi connectivity index (χ0n) is 6.48. The number of hydrogen-bond donors (Lipinski definition) is 2. The molecule has 0 aromatic heterocycles. The summed E-state index contributed by atoms with van der Waals surface area (Å²) in [6.07, 6.45) is 0. The van der Waals surface area contributed by atoms with Gasteiger partial charge in [-0.1, -0.05) is 18.7 Å². The third-order valence-electron chi connectivity index (χ3n) is 1.23. The Kier molecular flexibility index (Phi) is 4.89. The van der Waals surface area contributed by atoms with E-state index in [0.29, 0.717) is 6.54 Å². The highest BCUT2D eigenvalue weighted by molar-refractivity contribution is 5.23. The van der Waals surface area contributed by atoms with Crippen LogP contribution in [0.1, 0.15) is 6.92 Å². The fraction of sp³-hybridized carbons (Fsp3) is 0.500. The molecule has 10 heavy (non-hydrogen) atoms. The van der Waals surface area contributed by atoms with Crippen molar-refractivity contribution in [2.75, 3.05) is 19.7 Å². The van der Waals surface area contributed by atoms with Crippen molar-refractivity contribution in [2.45, 2.75) is 6.92 Å². The van der Waals surface area contributed by atoms with Crippen LogP contribution >= 0.6 is 0 Å². The van der Waals surface area contributed by atoms with E-state index in [9.17, 15) is 0 Å². The monoisotopic (exact) mass is 141 g/mol. The number of hydrogen-bond acceptors (Lipinski definition) is 2. The first-order valence-electron chi connectivity index (χ1n) is 3.33. The molecule has 0 spiro atoms. The van der Waals surface area contributed by atoms with Crippen LogP contribution in [0.2, 0.25) is 0 Å². The van der Waals surface area contributed by atoms with E-state index in [2.05, 4.69) is 18.5 Å². The molecule has 0 saturated carbocycles. The molecule has 0 heterocycles. The van der Waals surface area contributed by atoms with E-state index in [1.54, 1.807) is 0 Å². The van der Waals surface area contributed by atoms with E-state index < -0.39 is 0 Å². The molecule has 0 saturated heterocycles. The fourth-order valence-corrected chi connectivity index (χ4v) is 0.469. The summed E-state index contributed by atoms with van der Waals surface area (Å²) in [5.74, 6) is 0. The lowest BCUT2D eigenvalue weighted by Crippen LogP contribution is -2.20. The summed E-state index contributed by atoms with van der Waals surface area (Å²) in [5, 5.41) is 11.4. The molecule has 0 bridgehead atoms. The Morgan fingerprint density at radius 3 is 2.50 bits per heavy atom. The molecule has 0 unspecified atom stereocenters. The summed E-state index contributed by atoms with van der Waals surface area (Å²) in [7, 11) is 0. The number of rotatable bonds is 5. The Hall–Kier alpha value is -0.600. The lowest BCUT2D eigenvalue weighted by Gasteiger charge is -2.04. The average Bonchev–Trinajstić information content (AvgIpc) is 1.88. The quantitative estimate of drug-likeness (QED) is 0.436. The van der Waals surface area contributed by atoms with Crippen molar-refractivity contribution in [3.8, 4) is 0 Å². The molecule has 0 fully saturated rings. The molecular weight excluding hydrogens is 126 g/mol. The summed E-state index contributed by atoms with van der Waals surface area (Å²) < 4.78 is 0. The van der Waals surface area contributed by atoms with Gasteiger partial charge in [-0.3, -0.25) is 0 Å². The van der Waals surface area contributed by atoms with Gasteiger partial charge in [0.2, 0.25) is 0 Å². The van der Waals surface area contributed by atoms with Gasteiger partial charge < -0.3 is 10.4 Å². The molecule has 0 aromatic carbocycles. The topological polar surface area (TPSA) is 32.3 Å². The molecule has 0 atom stereocenters. The van der Waals surface area contributed by atoms with Crippen LogP contribution in [0, 0.1) is 0 Å². The van der Waals surface area contributed by atoms with Gasteiger partial charge in [0.1, 0.15) is 0 Å². The lowest BCUT2D eigenvalue weighted by molar-refractivity contribution is 0.294. The van der Waals surface area contributed by atoms with Crippen molar-refractivity contribution in [1.82, 2.24) is 5.32 Å². The van der Waals surface area contributed by atoms with Gasteiger partial charge in [-0.2, -0.15) is 0 Å². The van der Waals surface area contributed by atoms with Crippen LogP contribution in [-0.2, 0) is 0 Å². The zero-order valence-corrected chi connectivity index (χ0v) is 6.48. The molecule has 2 heteroatoms. The zero-order chi connectivity index (χ0) is 7.98. The van der Waals surface area contributed by atoms with E-state index in [-0.39, 0.29) is 6.61 Å². The average molecular weight is 141 g/mol. The fourth-order valence-electron chi connectivity index (χ4n) is 0.469. The maximum Gasteiger partial charge on any atom is 0.0556 e. The van der Waals surface area contributed by atoms with Gasteiger partial charge in [0.25, 0.3) is 0 Å². The van der Waals surface area contributed by atoms with Gasteiger partial charge in [-0.05, 0) is 12.5 Å². The van der Waals surface area contributed by atoms with E-state index in [4.69, 9.17) is 5.11 Å². The van der Waals surface area contributed by atoms with Crippen LogP contribution in [0.5, 0.6) is 0 Å². The maximum absolute atomic E-state index is 8.40. The largest absolute Gasteiger partial charge is 0.395 e. The molecular formula is C8H15NO. The lowest BCUT2D eigenvalue weighted by atomic mass is 10.1. The maximum atomic E-state index is 8.40. The second-order valence-corrected chi connectivity index (χ2v) is 2.28. The van der Waals surface area contributed by atoms with Crippen molar-refractivity contribution in [2.24, 2.45) is 0 Å². The first-order chi connectivity index (χ1) is 4.68. The third-order valence-corrected chi connectivity index (χ3v) is 1.23. The van der Waals surface area contributed by atoms with Crippen LogP contribution < -0.4 is 5.32 Å². The highest BCUT2D eigenvalue weighted by Gasteiger charge is 1.91. The minimum Gasteiger partial charge on any atom is -0.395 e. The third kappa shape index (κ3) is 4.30. The minimum atomic E-state index is 0.170. The Morgan fingerprint density at radius 2 is 2.10 bits per heavy atom. The van der Waals surface area contributed by atoms with Crippen molar-refractivity contribution < 1.29 is 5.11 Å². The smallest absolute Gasteiger partial charge is 0.0556 e. The Balaban J connectivity index is 3.31. The Labute approximate surface area is 62.3 Å². The molecule has 2 N–H and O–H groups in total. The Bertz CT molecular complexity index is 129. The van der Waals surface area contributed by atoms with E-state index >= 15 is 0 Å². The Morgan fingerprint density at radius 1 is 1.50 bits per heavy atom. The van der Waals surface area contributed by atoms with Crippen LogP contribution in [0.15, 0.2) is 24.3 Å². The first kappa shape index (κ1) is 9.40. The predicted molar refractivity (Wildman–Crippen MR) is 43.9 cm³/mol. The summed E-state index contributed by atoms with van der Waals surface area (Å²) >= 11 is 0. The second-order valence-electron chi connectivity index (χ2n) is 2.28. The number of aliphatic hydroxyl groups is 1. The highest BCUT2D eigenvalue weighted by Crippen LogP contribution is 1.99. The standard InChI is InChI=1S/C8H15NO/c1-7(2)8(3)6-9-4-5-10/h9-10H,1,3-6H2,2H3. The summed E-state index contributed by atoms with van der Waals surface area (Å²) in [6.45, 7) is 10.9. The molecule has 0 aliphatic rings. The van der Waals surface area contributed by atoms with Crippen molar-refractivity contribution >= 4 is 0 Å². The molecule has 0 aliphatic carbocycles. The number of aliphatic hydroxyl groups excluding tert-OH is 1. The van der Waals surface area contributed by atoms with Gasteiger partial charge in [-0.25, -0.2) is 0 Å². The summed E-state index contributed by atoms with van der Waals surface area (Å²) in [4.78, 5) is 0. The molecule has 0 aliphatic heterocycles. The van der Waals surface area contributed by atoms with Gasteiger partial charge in [-0.15, -0.1) is 0 Å². The molecule has 0 rings (SSSR count). The van der Waals surface area contributed by atoms with Gasteiger partial charge in [0.15, 0.2) is 0 Å². The van der Waals surface area contributed by atoms with Crippen molar-refractivity contribution in [3.63, 3.8) is 0 Å². The van der Waals surface area contributed by atoms with Gasteiger partial charge in [0, 0.05) is 13.1 Å². The van der Waals surface area contributed by atoms with Crippen LogP contribution in [0.3, 0.4) is 0 Å². The first-order valence-corrected chi connectivity index (χ1v) is 3.33. The predicted octanol–water partition coefficient (Wildman–Crippen LogP) is 0.701. The highest BCUT2D eigenvalue weighted by atomic mass is 16.3. The summed E-state index contributed by atoms with van der Waals surface area (Å²) in [6, 6.07) is 0.